The molecule has 7 nitrogen and oxygen atoms in total. The second kappa shape index (κ2) is 6.70. The van der Waals surface area contributed by atoms with Crippen molar-refractivity contribution in [1.29, 1.82) is 0 Å². The molecule has 3 rings (SSSR count). The average molecular weight is 330 g/mol. The van der Waals surface area contributed by atoms with Crippen LogP contribution in [-0.2, 0) is 26.1 Å². The molecule has 0 unspecified atom stereocenters. The summed E-state index contributed by atoms with van der Waals surface area (Å²) in [6, 6.07) is 5.32. The molecule has 0 spiro atoms. The Morgan fingerprint density at radius 3 is 2.88 bits per heavy atom. The van der Waals surface area contributed by atoms with Crippen LogP contribution in [0.25, 0.3) is 0 Å². The van der Waals surface area contributed by atoms with Crippen molar-refractivity contribution in [2.75, 3.05) is 13.2 Å². The van der Waals surface area contributed by atoms with Crippen molar-refractivity contribution in [3.05, 3.63) is 56.4 Å². The molecule has 0 aliphatic carbocycles. The lowest BCUT2D eigenvalue weighted by molar-refractivity contribution is -0.385. The third-order valence-corrected chi connectivity index (χ3v) is 4.74. The number of aliphatic hydroxyl groups excluding tert-OH is 1. The number of aryl methyl sites for hydroxylation is 1. The predicted molar refractivity (Wildman–Crippen MR) is 89.7 cm³/mol. The van der Waals surface area contributed by atoms with Crippen molar-refractivity contribution in [3.8, 4) is 0 Å². The fourth-order valence-corrected chi connectivity index (χ4v) is 3.45. The molecule has 1 aromatic carbocycles. The third kappa shape index (κ3) is 3.05. The van der Waals surface area contributed by atoms with Gasteiger partial charge in [0, 0.05) is 42.5 Å². The van der Waals surface area contributed by atoms with E-state index in [0.717, 1.165) is 35.6 Å². The molecular formula is C17H22N4O3. The molecule has 1 aliphatic rings. The highest BCUT2D eigenvalue weighted by atomic mass is 16.6. The zero-order valence-electron chi connectivity index (χ0n) is 14.0. The van der Waals surface area contributed by atoms with Gasteiger partial charge in [0.15, 0.2) is 0 Å². The Morgan fingerprint density at radius 1 is 1.38 bits per heavy atom. The Hall–Kier alpha value is -2.25. The summed E-state index contributed by atoms with van der Waals surface area (Å²) in [5.74, 6) is 0. The van der Waals surface area contributed by atoms with E-state index < -0.39 is 0 Å². The van der Waals surface area contributed by atoms with E-state index in [2.05, 4.69) is 10.00 Å². The summed E-state index contributed by atoms with van der Waals surface area (Å²) in [7, 11) is 0. The van der Waals surface area contributed by atoms with Gasteiger partial charge in [0.25, 0.3) is 5.69 Å². The van der Waals surface area contributed by atoms with Gasteiger partial charge in [0.2, 0.25) is 0 Å². The van der Waals surface area contributed by atoms with Crippen LogP contribution in [0.4, 0.5) is 5.69 Å². The van der Waals surface area contributed by atoms with E-state index in [1.807, 2.05) is 24.6 Å². The minimum atomic E-state index is -0.290. The second-order valence-corrected chi connectivity index (χ2v) is 6.23. The number of fused-ring (bicyclic) bond motifs is 1. The molecule has 1 aromatic heterocycles. The normalized spacial score (nSPS) is 14.6. The van der Waals surface area contributed by atoms with Gasteiger partial charge in [-0.25, -0.2) is 0 Å². The average Bonchev–Trinajstić information content (AvgIpc) is 2.82. The van der Waals surface area contributed by atoms with Gasteiger partial charge in [0.1, 0.15) is 0 Å². The zero-order valence-corrected chi connectivity index (χ0v) is 14.0. The molecular weight excluding hydrogens is 308 g/mol. The highest BCUT2D eigenvalue weighted by Crippen LogP contribution is 2.29. The number of hydrogen-bond donors (Lipinski definition) is 1. The van der Waals surface area contributed by atoms with E-state index in [9.17, 15) is 10.1 Å². The topological polar surface area (TPSA) is 84.4 Å². The van der Waals surface area contributed by atoms with Crippen LogP contribution in [0.15, 0.2) is 18.2 Å². The largest absolute Gasteiger partial charge is 0.394 e. The number of aromatic nitrogens is 2. The molecule has 2 heterocycles. The van der Waals surface area contributed by atoms with E-state index in [1.54, 1.807) is 12.1 Å². The van der Waals surface area contributed by atoms with Crippen LogP contribution in [0.3, 0.4) is 0 Å². The number of hydrogen-bond acceptors (Lipinski definition) is 5. The maximum Gasteiger partial charge on any atom is 0.272 e. The van der Waals surface area contributed by atoms with Crippen molar-refractivity contribution in [2.24, 2.45) is 0 Å². The first-order valence-electron chi connectivity index (χ1n) is 8.12. The van der Waals surface area contributed by atoms with Gasteiger partial charge < -0.3 is 5.11 Å². The van der Waals surface area contributed by atoms with Gasteiger partial charge >= 0.3 is 0 Å². The molecule has 1 aliphatic heterocycles. The van der Waals surface area contributed by atoms with Crippen molar-refractivity contribution in [1.82, 2.24) is 14.7 Å². The number of aliphatic hydroxyl groups is 1. The van der Waals surface area contributed by atoms with Crippen LogP contribution >= 0.6 is 0 Å². The number of benzene rings is 1. The van der Waals surface area contributed by atoms with E-state index >= 15 is 0 Å². The van der Waals surface area contributed by atoms with Crippen molar-refractivity contribution in [2.45, 2.75) is 39.9 Å². The van der Waals surface area contributed by atoms with Gasteiger partial charge in [-0.15, -0.1) is 0 Å². The first-order valence-corrected chi connectivity index (χ1v) is 8.12. The maximum absolute atomic E-state index is 11.2. The monoisotopic (exact) mass is 330 g/mol. The van der Waals surface area contributed by atoms with Crippen molar-refractivity contribution in [3.63, 3.8) is 0 Å². The summed E-state index contributed by atoms with van der Waals surface area (Å²) in [5, 5.41) is 24.8. The molecule has 0 saturated heterocycles. The Balaban J connectivity index is 1.80. The van der Waals surface area contributed by atoms with E-state index in [-0.39, 0.29) is 17.2 Å². The van der Waals surface area contributed by atoms with Gasteiger partial charge in [-0.1, -0.05) is 12.1 Å². The molecule has 0 amide bonds. The highest BCUT2D eigenvalue weighted by Gasteiger charge is 2.25. The van der Waals surface area contributed by atoms with Crippen LogP contribution in [0.5, 0.6) is 0 Å². The third-order valence-electron chi connectivity index (χ3n) is 4.74. The summed E-state index contributed by atoms with van der Waals surface area (Å²) >= 11 is 0. The number of nitro groups is 1. The van der Waals surface area contributed by atoms with Crippen LogP contribution < -0.4 is 0 Å². The van der Waals surface area contributed by atoms with E-state index in [1.165, 1.54) is 5.56 Å². The second-order valence-electron chi connectivity index (χ2n) is 6.23. The van der Waals surface area contributed by atoms with Gasteiger partial charge in [0.05, 0.1) is 23.8 Å². The number of nitrogens with zero attached hydrogens (tertiary/aromatic N) is 4. The minimum absolute atomic E-state index is 0.0716. The van der Waals surface area contributed by atoms with Gasteiger partial charge in [-0.05, 0) is 25.8 Å². The standard InChI is InChI=1S/C17H22N4O3/c1-12-16(13(2)20(18-12)8-9-22)11-19-7-6-15-14(10-19)4-3-5-17(15)21(23)24/h3-5,22H,6-11H2,1-2H3. The van der Waals surface area contributed by atoms with Crippen LogP contribution in [0, 0.1) is 24.0 Å². The Morgan fingerprint density at radius 2 is 2.17 bits per heavy atom. The summed E-state index contributed by atoms with van der Waals surface area (Å²) in [4.78, 5) is 13.2. The molecule has 0 fully saturated rings. The lowest BCUT2D eigenvalue weighted by Gasteiger charge is -2.28. The van der Waals surface area contributed by atoms with Crippen LogP contribution in [-0.4, -0.2) is 37.9 Å². The fourth-order valence-electron chi connectivity index (χ4n) is 3.45. The summed E-state index contributed by atoms with van der Waals surface area (Å²) < 4.78 is 1.84. The number of rotatable bonds is 5. The van der Waals surface area contributed by atoms with E-state index in [0.29, 0.717) is 19.5 Å². The molecule has 0 saturated carbocycles. The first kappa shape index (κ1) is 16.6. The van der Waals surface area contributed by atoms with Gasteiger partial charge in [-0.3, -0.25) is 19.7 Å². The zero-order chi connectivity index (χ0) is 17.3. The summed E-state index contributed by atoms with van der Waals surface area (Å²) in [5.41, 5.74) is 5.36. The summed E-state index contributed by atoms with van der Waals surface area (Å²) in [6.07, 6.45) is 0.690. The molecule has 1 N–H and O–H groups in total. The molecule has 0 atom stereocenters. The molecule has 0 bridgehead atoms. The Labute approximate surface area is 140 Å². The van der Waals surface area contributed by atoms with Crippen molar-refractivity contribution < 1.29 is 10.0 Å². The fraction of sp³-hybridized carbons (Fsp3) is 0.471. The quantitative estimate of drug-likeness (QED) is 0.669. The van der Waals surface area contributed by atoms with E-state index in [4.69, 9.17) is 5.11 Å². The lowest BCUT2D eigenvalue weighted by atomic mass is 9.97. The SMILES string of the molecule is Cc1nn(CCO)c(C)c1CN1CCc2c(cccc2[N+](=O)[O-])C1. The molecule has 2 aromatic rings. The smallest absolute Gasteiger partial charge is 0.272 e. The molecule has 7 heteroatoms. The van der Waals surface area contributed by atoms with Crippen molar-refractivity contribution >= 4 is 5.69 Å². The van der Waals surface area contributed by atoms with Crippen LogP contribution in [0.2, 0.25) is 0 Å². The predicted octanol–water partition coefficient (Wildman–Crippen LogP) is 1.96. The molecule has 128 valence electrons. The number of nitro benzene ring substituents is 1. The minimum Gasteiger partial charge on any atom is -0.394 e. The lowest BCUT2D eigenvalue weighted by Crippen LogP contribution is -2.30. The molecule has 0 radical (unpaired) electrons. The van der Waals surface area contributed by atoms with Crippen LogP contribution in [0.1, 0.15) is 28.1 Å². The Bertz CT molecular complexity index is 769. The summed E-state index contributed by atoms with van der Waals surface area (Å²) in [6.45, 7) is 6.85. The maximum atomic E-state index is 11.2. The highest BCUT2D eigenvalue weighted by molar-refractivity contribution is 5.46. The molecule has 24 heavy (non-hydrogen) atoms. The first-order chi connectivity index (χ1) is 11.5. The Kier molecular flexibility index (Phi) is 4.64. The van der Waals surface area contributed by atoms with Gasteiger partial charge in [-0.2, -0.15) is 5.10 Å².